The van der Waals surface area contributed by atoms with Crippen LogP contribution in [-0.4, -0.2) is 39.0 Å². The van der Waals surface area contributed by atoms with E-state index in [0.717, 1.165) is 23.3 Å². The summed E-state index contributed by atoms with van der Waals surface area (Å²) in [6.45, 7) is 3.31. The average molecular weight is 483 g/mol. The number of carbonyl (C=O) groups excluding carboxylic acids is 1. The third-order valence-electron chi connectivity index (χ3n) is 5.13. The van der Waals surface area contributed by atoms with E-state index in [4.69, 9.17) is 0 Å². The van der Waals surface area contributed by atoms with E-state index in [1.54, 1.807) is 37.6 Å². The molecule has 174 valence electrons. The van der Waals surface area contributed by atoms with E-state index in [9.17, 15) is 22.9 Å². The smallest absolute Gasteiger partial charge is 0.265 e. The summed E-state index contributed by atoms with van der Waals surface area (Å²) in [5.74, 6) is -1.82. The van der Waals surface area contributed by atoms with E-state index in [0.29, 0.717) is 16.4 Å². The topological polar surface area (TPSA) is 110 Å². The standard InChI is InChI=1S/C23H20F2N5O3P/c1-34(2,33)18-9-5-15(6-10-18)20(14-3-7-16(24)8-4-14)28-21(31)19-12-26-23(29-22(19)32)30-13-17(25)11-27-30/h3-13,20H,1-2H3,(H,28,31)(H,26,29,32)/t20-/m1/s1. The third kappa shape index (κ3) is 5.02. The number of aromatic amines is 1. The van der Waals surface area contributed by atoms with Crippen molar-refractivity contribution < 1.29 is 18.1 Å². The number of aromatic nitrogens is 4. The van der Waals surface area contributed by atoms with Gasteiger partial charge in [-0.05, 0) is 36.6 Å². The molecule has 4 rings (SSSR count). The highest BCUT2D eigenvalue weighted by molar-refractivity contribution is 7.70. The number of halogens is 2. The average Bonchev–Trinajstić information content (AvgIpc) is 3.24. The van der Waals surface area contributed by atoms with Gasteiger partial charge in [0.25, 0.3) is 11.5 Å². The van der Waals surface area contributed by atoms with Crippen LogP contribution in [0, 0.1) is 11.6 Å². The second-order valence-corrected chi connectivity index (χ2v) is 11.2. The Bertz CT molecular complexity index is 1440. The fourth-order valence-electron chi connectivity index (χ4n) is 3.33. The van der Waals surface area contributed by atoms with Crippen LogP contribution in [0.3, 0.4) is 0 Å². The number of H-pyrrole nitrogens is 1. The molecule has 0 aliphatic carbocycles. The monoisotopic (exact) mass is 483 g/mol. The Kier molecular flexibility index (Phi) is 6.26. The Morgan fingerprint density at radius 2 is 1.62 bits per heavy atom. The normalized spacial score (nSPS) is 12.4. The summed E-state index contributed by atoms with van der Waals surface area (Å²) in [7, 11) is -2.48. The number of rotatable bonds is 6. The first-order valence-corrected chi connectivity index (χ1v) is 12.7. The lowest BCUT2D eigenvalue weighted by atomic mass is 9.98. The zero-order chi connectivity index (χ0) is 24.5. The number of hydrogen-bond donors (Lipinski definition) is 2. The van der Waals surface area contributed by atoms with Gasteiger partial charge in [0.15, 0.2) is 5.82 Å². The molecule has 0 spiro atoms. The van der Waals surface area contributed by atoms with Gasteiger partial charge in [0.2, 0.25) is 5.95 Å². The molecule has 2 aromatic heterocycles. The van der Waals surface area contributed by atoms with Gasteiger partial charge in [-0.3, -0.25) is 14.6 Å². The van der Waals surface area contributed by atoms with Crippen LogP contribution in [0.15, 0.2) is 71.9 Å². The fraction of sp³-hybridized carbons (Fsp3) is 0.130. The zero-order valence-electron chi connectivity index (χ0n) is 18.2. The van der Waals surface area contributed by atoms with Gasteiger partial charge in [-0.25, -0.2) is 18.4 Å². The lowest BCUT2D eigenvalue weighted by molar-refractivity contribution is 0.0941. The molecule has 0 unspecified atom stereocenters. The molecule has 0 saturated carbocycles. The van der Waals surface area contributed by atoms with Crippen LogP contribution in [0.5, 0.6) is 0 Å². The summed E-state index contributed by atoms with van der Waals surface area (Å²) < 4.78 is 40.1. The molecule has 34 heavy (non-hydrogen) atoms. The molecule has 2 heterocycles. The summed E-state index contributed by atoms with van der Waals surface area (Å²) in [5.41, 5.74) is 0.202. The van der Waals surface area contributed by atoms with Gasteiger partial charge in [0.05, 0.1) is 18.4 Å². The summed E-state index contributed by atoms with van der Waals surface area (Å²) in [4.78, 5) is 31.9. The predicted octanol–water partition coefficient (Wildman–Crippen LogP) is 3.00. The van der Waals surface area contributed by atoms with Crippen LogP contribution in [0.4, 0.5) is 8.78 Å². The maximum Gasteiger partial charge on any atom is 0.265 e. The lowest BCUT2D eigenvalue weighted by Crippen LogP contribution is -2.34. The van der Waals surface area contributed by atoms with E-state index >= 15 is 0 Å². The number of nitrogens with zero attached hydrogens (tertiary/aromatic N) is 3. The molecule has 8 nitrogen and oxygen atoms in total. The number of benzene rings is 2. The fourth-order valence-corrected chi connectivity index (χ4v) is 4.20. The number of hydrogen-bond acceptors (Lipinski definition) is 5. The van der Waals surface area contributed by atoms with Crippen molar-refractivity contribution in [2.75, 3.05) is 13.3 Å². The Balaban J connectivity index is 1.66. The lowest BCUT2D eigenvalue weighted by Gasteiger charge is -2.20. The van der Waals surface area contributed by atoms with E-state index < -0.39 is 36.3 Å². The summed E-state index contributed by atoms with van der Waals surface area (Å²) in [5, 5.41) is 7.17. The van der Waals surface area contributed by atoms with Gasteiger partial charge < -0.3 is 9.88 Å². The maximum absolute atomic E-state index is 13.5. The van der Waals surface area contributed by atoms with Crippen molar-refractivity contribution >= 4 is 18.4 Å². The molecule has 0 bridgehead atoms. The molecule has 0 aliphatic heterocycles. The van der Waals surface area contributed by atoms with Crippen LogP contribution >= 0.6 is 7.14 Å². The molecule has 1 atom stereocenters. The number of amides is 1. The van der Waals surface area contributed by atoms with Crippen molar-refractivity contribution in [1.29, 1.82) is 0 Å². The molecular formula is C23H20F2N5O3P. The molecule has 1 amide bonds. The Labute approximate surface area is 193 Å². The first-order chi connectivity index (χ1) is 16.1. The van der Waals surface area contributed by atoms with E-state index in [2.05, 4.69) is 20.4 Å². The van der Waals surface area contributed by atoms with Gasteiger partial charge >= 0.3 is 0 Å². The van der Waals surface area contributed by atoms with Crippen molar-refractivity contribution in [2.45, 2.75) is 6.04 Å². The molecule has 4 aromatic rings. The number of carbonyl (C=O) groups is 1. The Hall–Kier alpha value is -3.91. The minimum absolute atomic E-state index is 0.0558. The Morgan fingerprint density at radius 3 is 2.15 bits per heavy atom. The first kappa shape index (κ1) is 23.3. The second-order valence-electron chi connectivity index (χ2n) is 7.95. The van der Waals surface area contributed by atoms with Gasteiger partial charge in [-0.15, -0.1) is 0 Å². The predicted molar refractivity (Wildman–Crippen MR) is 123 cm³/mol. The van der Waals surface area contributed by atoms with Crippen molar-refractivity contribution in [2.24, 2.45) is 0 Å². The van der Waals surface area contributed by atoms with E-state index in [1.165, 1.54) is 24.3 Å². The van der Waals surface area contributed by atoms with Crippen LogP contribution in [0.1, 0.15) is 27.5 Å². The van der Waals surface area contributed by atoms with Gasteiger partial charge in [-0.1, -0.05) is 36.4 Å². The second kappa shape index (κ2) is 9.15. The highest BCUT2D eigenvalue weighted by Crippen LogP contribution is 2.35. The highest BCUT2D eigenvalue weighted by Gasteiger charge is 2.21. The highest BCUT2D eigenvalue weighted by atomic mass is 31.2. The molecule has 0 fully saturated rings. The molecule has 2 aromatic carbocycles. The third-order valence-corrected chi connectivity index (χ3v) is 6.67. The van der Waals surface area contributed by atoms with Crippen LogP contribution in [0.25, 0.3) is 5.95 Å². The molecular weight excluding hydrogens is 463 g/mol. The summed E-state index contributed by atoms with van der Waals surface area (Å²) in [6.07, 6.45) is 3.05. The summed E-state index contributed by atoms with van der Waals surface area (Å²) in [6, 6.07) is 11.7. The SMILES string of the molecule is CP(C)(=O)c1ccc([C@H](NC(=O)c2cnc(-n3cc(F)cn3)[nH]c2=O)c2ccc(F)cc2)cc1. The minimum Gasteiger partial charge on any atom is -0.341 e. The van der Waals surface area contributed by atoms with Gasteiger partial charge in [0, 0.05) is 11.5 Å². The van der Waals surface area contributed by atoms with Crippen molar-refractivity contribution in [3.05, 3.63) is 106 Å². The molecule has 0 radical (unpaired) electrons. The number of nitrogens with one attached hydrogen (secondary N) is 2. The van der Waals surface area contributed by atoms with Gasteiger partial charge in [0.1, 0.15) is 18.5 Å². The van der Waals surface area contributed by atoms with E-state index in [1.807, 2.05) is 0 Å². The minimum atomic E-state index is -2.48. The first-order valence-electron chi connectivity index (χ1n) is 10.1. The maximum atomic E-state index is 13.5. The molecule has 2 N–H and O–H groups in total. The largest absolute Gasteiger partial charge is 0.341 e. The van der Waals surface area contributed by atoms with Crippen LogP contribution in [0.2, 0.25) is 0 Å². The van der Waals surface area contributed by atoms with Crippen molar-refractivity contribution in [3.63, 3.8) is 0 Å². The zero-order valence-corrected chi connectivity index (χ0v) is 19.1. The quantitative estimate of drug-likeness (QED) is 0.410. The van der Waals surface area contributed by atoms with Crippen LogP contribution in [-0.2, 0) is 4.57 Å². The Morgan fingerprint density at radius 1 is 1.00 bits per heavy atom. The van der Waals surface area contributed by atoms with Gasteiger partial charge in [-0.2, -0.15) is 5.10 Å². The van der Waals surface area contributed by atoms with E-state index in [-0.39, 0.29) is 11.5 Å². The van der Waals surface area contributed by atoms with Crippen molar-refractivity contribution in [1.82, 2.24) is 25.1 Å². The summed E-state index contributed by atoms with van der Waals surface area (Å²) >= 11 is 0. The molecule has 0 saturated heterocycles. The molecule has 11 heteroatoms. The van der Waals surface area contributed by atoms with Crippen molar-refractivity contribution in [3.8, 4) is 5.95 Å². The molecule has 0 aliphatic rings. The van der Waals surface area contributed by atoms with Crippen LogP contribution < -0.4 is 16.2 Å².